The van der Waals surface area contributed by atoms with Crippen molar-refractivity contribution in [1.29, 1.82) is 0 Å². The molecule has 3 aromatic rings. The molecule has 0 unspecified atom stereocenters. The third kappa shape index (κ3) is 3.46. The molecule has 142 valence electrons. The molecule has 4 rings (SSSR count). The molecule has 0 aromatic carbocycles. The molecule has 0 fully saturated rings. The molecule has 28 heavy (non-hydrogen) atoms. The van der Waals surface area contributed by atoms with Crippen LogP contribution >= 0.6 is 0 Å². The van der Waals surface area contributed by atoms with E-state index in [1.807, 2.05) is 6.07 Å². The number of carbonyl (C=O) groups is 1. The first-order chi connectivity index (χ1) is 13.5. The predicted octanol–water partition coefficient (Wildman–Crippen LogP) is 3.61. The highest BCUT2D eigenvalue weighted by molar-refractivity contribution is 5.92. The number of nitrogen functional groups attached to an aromatic ring is 1. The van der Waals surface area contributed by atoms with Crippen molar-refractivity contribution >= 4 is 17.5 Å². The van der Waals surface area contributed by atoms with E-state index in [1.54, 1.807) is 30.6 Å². The van der Waals surface area contributed by atoms with Gasteiger partial charge in [-0.15, -0.1) is 0 Å². The molecule has 2 amide bonds. The Labute approximate surface area is 159 Å². The zero-order chi connectivity index (χ0) is 19.7. The van der Waals surface area contributed by atoms with E-state index in [1.165, 1.54) is 17.2 Å². The van der Waals surface area contributed by atoms with Crippen LogP contribution in [-0.4, -0.2) is 25.9 Å². The van der Waals surface area contributed by atoms with E-state index in [0.29, 0.717) is 16.9 Å². The Morgan fingerprint density at radius 1 is 1.18 bits per heavy atom. The molecule has 7 nitrogen and oxygen atoms in total. The molecule has 0 saturated heterocycles. The summed E-state index contributed by atoms with van der Waals surface area (Å²) in [6, 6.07) is 7.95. The average Bonchev–Trinajstić information content (AvgIpc) is 3.14. The minimum absolute atomic E-state index is 0.214. The summed E-state index contributed by atoms with van der Waals surface area (Å²) in [5.41, 5.74) is 8.78. The van der Waals surface area contributed by atoms with Crippen molar-refractivity contribution in [3.63, 3.8) is 0 Å². The number of nitrogens with two attached hydrogens (primary N) is 1. The van der Waals surface area contributed by atoms with Gasteiger partial charge in [-0.05, 0) is 41.5 Å². The van der Waals surface area contributed by atoms with Crippen LogP contribution in [-0.2, 0) is 13.1 Å². The largest absolute Gasteiger partial charge is 0.396 e. The summed E-state index contributed by atoms with van der Waals surface area (Å²) < 4.78 is 25.6. The number of hydrogen-bond acceptors (Lipinski definition) is 5. The highest BCUT2D eigenvalue weighted by Gasteiger charge is 2.26. The van der Waals surface area contributed by atoms with Gasteiger partial charge in [0.25, 0.3) is 6.43 Å². The first kappa shape index (κ1) is 17.8. The number of rotatable bonds is 3. The van der Waals surface area contributed by atoms with Gasteiger partial charge in [-0.25, -0.2) is 18.6 Å². The van der Waals surface area contributed by atoms with Gasteiger partial charge in [-0.3, -0.25) is 15.3 Å². The molecule has 1 aliphatic heterocycles. The van der Waals surface area contributed by atoms with Crippen LogP contribution < -0.4 is 11.1 Å². The maximum atomic E-state index is 12.8. The van der Waals surface area contributed by atoms with Gasteiger partial charge in [0.2, 0.25) is 0 Å². The lowest BCUT2D eigenvalue weighted by molar-refractivity contribution is 0.146. The smallest absolute Gasteiger partial charge is 0.323 e. The number of amides is 2. The number of anilines is 2. The quantitative estimate of drug-likeness (QED) is 0.721. The molecule has 3 N–H and O–H groups in total. The van der Waals surface area contributed by atoms with Crippen molar-refractivity contribution in [2.45, 2.75) is 19.5 Å². The average molecular weight is 382 g/mol. The maximum Gasteiger partial charge on any atom is 0.323 e. The lowest BCUT2D eigenvalue weighted by Crippen LogP contribution is -2.30. The van der Waals surface area contributed by atoms with Gasteiger partial charge in [-0.1, -0.05) is 0 Å². The van der Waals surface area contributed by atoms with Crippen molar-refractivity contribution in [1.82, 2.24) is 19.9 Å². The number of nitrogens with one attached hydrogen (secondary N) is 1. The molecule has 1 aliphatic rings. The third-order valence-electron chi connectivity index (χ3n) is 4.45. The second-order valence-corrected chi connectivity index (χ2v) is 6.34. The Balaban J connectivity index is 1.51. The lowest BCUT2D eigenvalue weighted by Gasteiger charge is -2.17. The molecule has 0 aliphatic carbocycles. The van der Waals surface area contributed by atoms with E-state index in [0.717, 1.165) is 11.1 Å². The van der Waals surface area contributed by atoms with Crippen molar-refractivity contribution in [2.75, 3.05) is 11.1 Å². The van der Waals surface area contributed by atoms with Crippen LogP contribution in [0.5, 0.6) is 0 Å². The van der Waals surface area contributed by atoms with Crippen LogP contribution in [0.25, 0.3) is 11.3 Å². The number of carbonyl (C=O) groups excluding carboxylic acids is 1. The molecule has 0 radical (unpaired) electrons. The zero-order valence-corrected chi connectivity index (χ0v) is 14.6. The summed E-state index contributed by atoms with van der Waals surface area (Å²) in [4.78, 5) is 26.3. The monoisotopic (exact) mass is 382 g/mol. The number of hydrogen-bond donors (Lipinski definition) is 2. The molecule has 0 bridgehead atoms. The number of fused-ring (bicyclic) bond motifs is 1. The van der Waals surface area contributed by atoms with Gasteiger partial charge in [0, 0.05) is 37.2 Å². The van der Waals surface area contributed by atoms with E-state index in [-0.39, 0.29) is 24.6 Å². The Morgan fingerprint density at radius 2 is 2.00 bits per heavy atom. The van der Waals surface area contributed by atoms with Crippen LogP contribution in [0.4, 0.5) is 25.1 Å². The number of nitrogens with zero attached hydrogens (tertiary/aromatic N) is 4. The van der Waals surface area contributed by atoms with E-state index in [9.17, 15) is 13.6 Å². The summed E-state index contributed by atoms with van der Waals surface area (Å²) in [6.45, 7) is 0.492. The fourth-order valence-electron chi connectivity index (χ4n) is 2.99. The Hall–Kier alpha value is -3.62. The molecule has 3 aromatic heterocycles. The number of pyridine rings is 3. The molecule has 9 heteroatoms. The molecule has 0 saturated carbocycles. The fourth-order valence-corrected chi connectivity index (χ4v) is 2.99. The molecular weight excluding hydrogens is 366 g/mol. The molecule has 0 spiro atoms. The van der Waals surface area contributed by atoms with Crippen LogP contribution in [0.3, 0.4) is 0 Å². The first-order valence-electron chi connectivity index (χ1n) is 8.50. The summed E-state index contributed by atoms with van der Waals surface area (Å²) in [6.07, 6.45) is 2.06. The van der Waals surface area contributed by atoms with Gasteiger partial charge >= 0.3 is 6.03 Å². The predicted molar refractivity (Wildman–Crippen MR) is 99.3 cm³/mol. The normalized spacial score (nSPS) is 12.9. The van der Waals surface area contributed by atoms with Gasteiger partial charge in [0.1, 0.15) is 5.69 Å². The summed E-state index contributed by atoms with van der Waals surface area (Å²) >= 11 is 0. The van der Waals surface area contributed by atoms with Crippen molar-refractivity contribution in [3.8, 4) is 11.3 Å². The lowest BCUT2D eigenvalue weighted by atomic mass is 10.1. The van der Waals surface area contributed by atoms with Crippen LogP contribution in [0.15, 0.2) is 48.9 Å². The number of aromatic nitrogens is 3. The van der Waals surface area contributed by atoms with Crippen molar-refractivity contribution < 1.29 is 13.6 Å². The highest BCUT2D eigenvalue weighted by atomic mass is 19.3. The number of urea groups is 1. The van der Waals surface area contributed by atoms with E-state index in [4.69, 9.17) is 5.73 Å². The highest BCUT2D eigenvalue weighted by Crippen LogP contribution is 2.28. The van der Waals surface area contributed by atoms with Gasteiger partial charge in [0.15, 0.2) is 5.82 Å². The Morgan fingerprint density at radius 3 is 2.75 bits per heavy atom. The second-order valence-electron chi connectivity index (χ2n) is 6.34. The summed E-state index contributed by atoms with van der Waals surface area (Å²) in [5, 5.41) is 2.70. The van der Waals surface area contributed by atoms with Crippen molar-refractivity contribution in [3.05, 3.63) is 65.7 Å². The minimum Gasteiger partial charge on any atom is -0.396 e. The number of halogens is 2. The Bertz CT molecular complexity index is 1030. The van der Waals surface area contributed by atoms with Crippen molar-refractivity contribution in [2.24, 2.45) is 0 Å². The van der Waals surface area contributed by atoms with Gasteiger partial charge < -0.3 is 10.6 Å². The molecular formula is C19H16F2N6O. The fraction of sp³-hybridized carbons (Fsp3) is 0.158. The number of alkyl halides is 2. The van der Waals surface area contributed by atoms with Gasteiger partial charge in [0.05, 0.1) is 11.4 Å². The van der Waals surface area contributed by atoms with Gasteiger partial charge in [-0.2, -0.15) is 0 Å². The van der Waals surface area contributed by atoms with Crippen LogP contribution in [0.2, 0.25) is 0 Å². The molecule has 4 heterocycles. The zero-order valence-electron chi connectivity index (χ0n) is 14.6. The second kappa shape index (κ2) is 7.18. The third-order valence-corrected chi connectivity index (χ3v) is 4.45. The van der Waals surface area contributed by atoms with Crippen LogP contribution in [0.1, 0.15) is 23.2 Å². The maximum absolute atomic E-state index is 12.8. The topological polar surface area (TPSA) is 97.0 Å². The van der Waals surface area contributed by atoms with E-state index in [2.05, 4.69) is 20.3 Å². The Kier molecular flexibility index (Phi) is 4.56. The van der Waals surface area contributed by atoms with Crippen LogP contribution in [0, 0.1) is 0 Å². The van der Waals surface area contributed by atoms with E-state index >= 15 is 0 Å². The van der Waals surface area contributed by atoms with E-state index < -0.39 is 12.5 Å². The standard InChI is InChI=1S/C19H16F2N6O/c20-17(21)16-6-12-9-27(10-13(12)8-24-16)19(28)26-18-14(22)3-4-15(25-18)11-2-1-5-23-7-11/h1-8,17H,9-10,22H2,(H,25,26,28). The first-order valence-corrected chi connectivity index (χ1v) is 8.50. The minimum atomic E-state index is -2.65. The SMILES string of the molecule is Nc1ccc(-c2cccnc2)nc1NC(=O)N1Cc2cnc(C(F)F)cc2C1. The molecule has 0 atom stereocenters. The summed E-state index contributed by atoms with van der Waals surface area (Å²) in [7, 11) is 0. The summed E-state index contributed by atoms with van der Waals surface area (Å²) in [5.74, 6) is 0.230.